The molecule has 0 bridgehead atoms. The number of rotatable bonds is 5. The van der Waals surface area contributed by atoms with Crippen molar-refractivity contribution in [3.63, 3.8) is 0 Å². The van der Waals surface area contributed by atoms with Crippen LogP contribution in [0.25, 0.3) is 0 Å². The molecule has 1 saturated heterocycles. The van der Waals surface area contributed by atoms with Crippen LogP contribution in [0, 0.1) is 5.92 Å². The smallest absolute Gasteiger partial charge is 0.311 e. The van der Waals surface area contributed by atoms with Gasteiger partial charge in [0, 0.05) is 26.1 Å². The maximum absolute atomic E-state index is 12.7. The third-order valence-electron chi connectivity index (χ3n) is 4.14. The summed E-state index contributed by atoms with van der Waals surface area (Å²) in [5, 5.41) is 0. The fourth-order valence-corrected chi connectivity index (χ4v) is 2.84. The first-order valence-electron chi connectivity index (χ1n) is 7.79. The number of esters is 1. The van der Waals surface area contributed by atoms with Crippen LogP contribution in [0.5, 0.6) is 0 Å². The van der Waals surface area contributed by atoms with E-state index in [-0.39, 0.29) is 24.8 Å². The van der Waals surface area contributed by atoms with Gasteiger partial charge in [-0.3, -0.25) is 14.4 Å². The summed E-state index contributed by atoms with van der Waals surface area (Å²) in [5.74, 6) is -1.15. The zero-order valence-electron chi connectivity index (χ0n) is 13.7. The van der Waals surface area contributed by atoms with E-state index >= 15 is 0 Å². The van der Waals surface area contributed by atoms with Crippen molar-refractivity contribution >= 4 is 23.5 Å². The van der Waals surface area contributed by atoms with Crippen LogP contribution in [0.1, 0.15) is 30.6 Å². The lowest BCUT2D eigenvalue weighted by Gasteiger charge is -2.24. The molecule has 2 rings (SSSR count). The molecule has 1 aliphatic heterocycles. The fraction of sp³-hybridized carbons (Fsp3) is 0.471. The Labute approximate surface area is 136 Å². The van der Waals surface area contributed by atoms with Crippen LogP contribution in [0.15, 0.2) is 24.3 Å². The summed E-state index contributed by atoms with van der Waals surface area (Å²) in [4.78, 5) is 39.8. The minimum Gasteiger partial charge on any atom is -0.469 e. The number of carbonyl (C=O) groups is 3. The lowest BCUT2D eigenvalue weighted by molar-refractivity contribution is -0.145. The summed E-state index contributed by atoms with van der Waals surface area (Å²) >= 11 is 0. The van der Waals surface area contributed by atoms with E-state index in [1.165, 1.54) is 12.0 Å². The van der Waals surface area contributed by atoms with E-state index in [1.807, 2.05) is 13.8 Å². The molecular weight excluding hydrogens is 296 g/mol. The Balaban J connectivity index is 2.32. The largest absolute Gasteiger partial charge is 0.469 e. The van der Waals surface area contributed by atoms with Crippen molar-refractivity contribution in [2.45, 2.75) is 20.3 Å². The number of ether oxygens (including phenoxy) is 1. The number of nitrogens with zero attached hydrogens (tertiary/aromatic N) is 2. The third kappa shape index (κ3) is 3.36. The standard InChI is InChI=1S/C17H22N2O4/c1-4-18(5-2)16(21)13-8-6-7-9-14(13)19-11-12(10-15(19)20)17(22)23-3/h6-9,12H,4-5,10-11H2,1-3H3. The highest BCUT2D eigenvalue weighted by Gasteiger charge is 2.37. The molecule has 0 aromatic heterocycles. The number of amides is 2. The normalized spacial score (nSPS) is 17.3. The Hall–Kier alpha value is -2.37. The number of carbonyl (C=O) groups excluding carboxylic acids is 3. The van der Waals surface area contributed by atoms with Crippen LogP contribution >= 0.6 is 0 Å². The number of hydrogen-bond donors (Lipinski definition) is 0. The van der Waals surface area contributed by atoms with E-state index in [2.05, 4.69) is 0 Å². The molecule has 6 nitrogen and oxygen atoms in total. The van der Waals surface area contributed by atoms with E-state index in [9.17, 15) is 14.4 Å². The van der Waals surface area contributed by atoms with Gasteiger partial charge in [-0.15, -0.1) is 0 Å². The number of para-hydroxylation sites is 1. The molecule has 0 radical (unpaired) electrons. The Morgan fingerprint density at radius 2 is 1.91 bits per heavy atom. The first kappa shape index (κ1) is 17.0. The summed E-state index contributed by atoms with van der Waals surface area (Å²) in [6, 6.07) is 7.02. The van der Waals surface area contributed by atoms with Gasteiger partial charge in [-0.1, -0.05) is 12.1 Å². The lowest BCUT2D eigenvalue weighted by atomic mass is 10.1. The van der Waals surface area contributed by atoms with E-state index in [0.717, 1.165) is 0 Å². The van der Waals surface area contributed by atoms with Crippen molar-refractivity contribution in [3.8, 4) is 0 Å². The maximum atomic E-state index is 12.7. The average Bonchev–Trinajstić information content (AvgIpc) is 2.96. The molecule has 1 aromatic carbocycles. The lowest BCUT2D eigenvalue weighted by Crippen LogP contribution is -2.33. The molecule has 23 heavy (non-hydrogen) atoms. The number of hydrogen-bond acceptors (Lipinski definition) is 4. The molecule has 124 valence electrons. The van der Waals surface area contributed by atoms with Gasteiger partial charge in [0.1, 0.15) is 0 Å². The number of anilines is 1. The first-order chi connectivity index (χ1) is 11.0. The molecule has 0 aliphatic carbocycles. The zero-order chi connectivity index (χ0) is 17.0. The third-order valence-corrected chi connectivity index (χ3v) is 4.14. The molecule has 1 atom stereocenters. The molecule has 1 unspecified atom stereocenters. The fourth-order valence-electron chi connectivity index (χ4n) is 2.84. The predicted octanol–water partition coefficient (Wildman–Crippen LogP) is 1.69. The van der Waals surface area contributed by atoms with Crippen LogP contribution in [-0.4, -0.2) is 49.4 Å². The molecule has 0 saturated carbocycles. The topological polar surface area (TPSA) is 66.9 Å². The second kappa shape index (κ2) is 7.26. The van der Waals surface area contributed by atoms with Crippen molar-refractivity contribution in [2.75, 3.05) is 31.6 Å². The Morgan fingerprint density at radius 3 is 2.52 bits per heavy atom. The second-order valence-corrected chi connectivity index (χ2v) is 5.42. The minimum atomic E-state index is -0.482. The van der Waals surface area contributed by atoms with E-state index in [1.54, 1.807) is 29.2 Å². The van der Waals surface area contributed by atoms with Crippen LogP contribution in [0.2, 0.25) is 0 Å². The summed E-state index contributed by atoms with van der Waals surface area (Å²) in [6.07, 6.45) is 0.112. The molecule has 1 fully saturated rings. The van der Waals surface area contributed by atoms with Crippen LogP contribution < -0.4 is 4.90 Å². The first-order valence-corrected chi connectivity index (χ1v) is 7.79. The van der Waals surface area contributed by atoms with Crippen molar-refractivity contribution in [3.05, 3.63) is 29.8 Å². The van der Waals surface area contributed by atoms with E-state index < -0.39 is 11.9 Å². The van der Waals surface area contributed by atoms with E-state index in [0.29, 0.717) is 24.3 Å². The number of benzene rings is 1. The maximum Gasteiger partial charge on any atom is 0.311 e. The molecule has 1 aliphatic rings. The van der Waals surface area contributed by atoms with Gasteiger partial charge in [0.2, 0.25) is 5.91 Å². The zero-order valence-corrected chi connectivity index (χ0v) is 13.7. The van der Waals surface area contributed by atoms with Gasteiger partial charge >= 0.3 is 5.97 Å². The highest BCUT2D eigenvalue weighted by Crippen LogP contribution is 2.29. The van der Waals surface area contributed by atoms with Crippen molar-refractivity contribution < 1.29 is 19.1 Å². The van der Waals surface area contributed by atoms with Gasteiger partial charge in [0.05, 0.1) is 24.3 Å². The van der Waals surface area contributed by atoms with E-state index in [4.69, 9.17) is 4.74 Å². The van der Waals surface area contributed by atoms with Gasteiger partial charge in [0.25, 0.3) is 5.91 Å². The van der Waals surface area contributed by atoms with Crippen LogP contribution in [-0.2, 0) is 14.3 Å². The molecule has 2 amide bonds. The summed E-state index contributed by atoms with van der Waals surface area (Å²) in [6.45, 7) is 5.27. The Bertz CT molecular complexity index is 610. The molecule has 6 heteroatoms. The summed E-state index contributed by atoms with van der Waals surface area (Å²) in [7, 11) is 1.31. The van der Waals surface area contributed by atoms with Crippen LogP contribution in [0.3, 0.4) is 0 Å². The average molecular weight is 318 g/mol. The monoisotopic (exact) mass is 318 g/mol. The second-order valence-electron chi connectivity index (χ2n) is 5.42. The van der Waals surface area contributed by atoms with Crippen LogP contribution in [0.4, 0.5) is 5.69 Å². The van der Waals surface area contributed by atoms with Gasteiger partial charge in [0.15, 0.2) is 0 Å². The van der Waals surface area contributed by atoms with Gasteiger partial charge < -0.3 is 14.5 Å². The SMILES string of the molecule is CCN(CC)C(=O)c1ccccc1N1CC(C(=O)OC)CC1=O. The van der Waals surface area contributed by atoms with Crippen molar-refractivity contribution in [1.29, 1.82) is 0 Å². The summed E-state index contributed by atoms with van der Waals surface area (Å²) < 4.78 is 4.72. The Kier molecular flexibility index (Phi) is 5.36. The van der Waals surface area contributed by atoms with Crippen molar-refractivity contribution in [2.24, 2.45) is 5.92 Å². The molecule has 1 aromatic rings. The van der Waals surface area contributed by atoms with Gasteiger partial charge in [-0.25, -0.2) is 0 Å². The van der Waals surface area contributed by atoms with Gasteiger partial charge in [-0.2, -0.15) is 0 Å². The molecule has 0 spiro atoms. The van der Waals surface area contributed by atoms with Gasteiger partial charge in [-0.05, 0) is 26.0 Å². The number of methoxy groups -OCH3 is 1. The molecule has 1 heterocycles. The molecule has 0 N–H and O–H groups in total. The van der Waals surface area contributed by atoms with Crippen molar-refractivity contribution in [1.82, 2.24) is 4.90 Å². The quantitative estimate of drug-likeness (QED) is 0.775. The Morgan fingerprint density at radius 1 is 1.26 bits per heavy atom. The minimum absolute atomic E-state index is 0.111. The summed E-state index contributed by atoms with van der Waals surface area (Å²) in [5.41, 5.74) is 1.04. The highest BCUT2D eigenvalue weighted by atomic mass is 16.5. The highest BCUT2D eigenvalue weighted by molar-refractivity contribution is 6.06. The molecular formula is C17H22N2O4. The predicted molar refractivity (Wildman–Crippen MR) is 86.2 cm³/mol.